The lowest BCUT2D eigenvalue weighted by atomic mass is 10.0. The van der Waals surface area contributed by atoms with Crippen LogP contribution in [-0.4, -0.2) is 17.0 Å². The molecular formula is C10H8FNO3. The zero-order valence-electron chi connectivity index (χ0n) is 7.66. The highest BCUT2D eigenvalue weighted by molar-refractivity contribution is 5.99. The molecule has 1 aromatic rings. The number of carboxylic acid groups (broad SMARTS) is 1. The van der Waals surface area contributed by atoms with Gasteiger partial charge in [0.2, 0.25) is 0 Å². The van der Waals surface area contributed by atoms with Gasteiger partial charge in [-0.15, -0.1) is 0 Å². The van der Waals surface area contributed by atoms with Crippen LogP contribution in [0, 0.1) is 5.82 Å². The van der Waals surface area contributed by atoms with Gasteiger partial charge in [-0.2, -0.15) is 0 Å². The smallest absolute Gasteiger partial charge is 0.305 e. The molecule has 1 aromatic carbocycles. The normalized spacial score (nSPS) is 18.5. The van der Waals surface area contributed by atoms with E-state index in [-0.39, 0.29) is 12.0 Å². The van der Waals surface area contributed by atoms with Crippen LogP contribution in [0.25, 0.3) is 0 Å². The van der Waals surface area contributed by atoms with Crippen LogP contribution >= 0.6 is 0 Å². The third kappa shape index (κ3) is 1.68. The van der Waals surface area contributed by atoms with Crippen molar-refractivity contribution < 1.29 is 19.1 Å². The number of hydrogen-bond donors (Lipinski definition) is 2. The quantitative estimate of drug-likeness (QED) is 0.766. The van der Waals surface area contributed by atoms with Crippen molar-refractivity contribution in [2.24, 2.45) is 0 Å². The first-order chi connectivity index (χ1) is 7.08. The van der Waals surface area contributed by atoms with E-state index in [1.807, 2.05) is 0 Å². The molecule has 1 heterocycles. The molecule has 0 saturated heterocycles. The first-order valence-electron chi connectivity index (χ1n) is 4.40. The maximum atomic E-state index is 12.8. The number of carboxylic acids is 1. The van der Waals surface area contributed by atoms with Crippen molar-refractivity contribution in [1.82, 2.24) is 5.32 Å². The highest BCUT2D eigenvalue weighted by Gasteiger charge is 2.30. The number of hydrogen-bond acceptors (Lipinski definition) is 2. The Morgan fingerprint density at radius 2 is 2.27 bits per heavy atom. The average molecular weight is 209 g/mol. The number of aliphatic carboxylic acids is 1. The number of amides is 1. The van der Waals surface area contributed by atoms with Crippen LogP contribution in [0.3, 0.4) is 0 Å². The van der Waals surface area contributed by atoms with E-state index in [0.717, 1.165) is 6.07 Å². The molecule has 0 bridgehead atoms. The minimum Gasteiger partial charge on any atom is -0.481 e. The first kappa shape index (κ1) is 9.64. The van der Waals surface area contributed by atoms with Crippen molar-refractivity contribution in [2.45, 2.75) is 12.5 Å². The van der Waals surface area contributed by atoms with E-state index < -0.39 is 23.7 Å². The van der Waals surface area contributed by atoms with E-state index in [1.54, 1.807) is 0 Å². The minimum atomic E-state index is -1.00. The molecule has 2 rings (SSSR count). The van der Waals surface area contributed by atoms with Gasteiger partial charge in [-0.05, 0) is 17.7 Å². The molecule has 4 nitrogen and oxygen atoms in total. The summed E-state index contributed by atoms with van der Waals surface area (Å²) in [5.74, 6) is -1.92. The zero-order valence-corrected chi connectivity index (χ0v) is 7.66. The lowest BCUT2D eigenvalue weighted by molar-refractivity contribution is -0.137. The third-order valence-electron chi connectivity index (χ3n) is 2.32. The van der Waals surface area contributed by atoms with Crippen molar-refractivity contribution in [3.05, 3.63) is 35.1 Å². The number of halogens is 1. The van der Waals surface area contributed by atoms with Crippen LogP contribution in [-0.2, 0) is 4.79 Å². The van der Waals surface area contributed by atoms with Crippen LogP contribution in [0.15, 0.2) is 18.2 Å². The van der Waals surface area contributed by atoms with E-state index in [9.17, 15) is 14.0 Å². The molecule has 0 fully saturated rings. The number of nitrogens with one attached hydrogen (secondary N) is 1. The number of carbonyl (C=O) groups excluding carboxylic acids is 1. The van der Waals surface area contributed by atoms with Crippen LogP contribution < -0.4 is 5.32 Å². The molecule has 2 N–H and O–H groups in total. The zero-order chi connectivity index (χ0) is 11.0. The Bertz CT molecular complexity index is 444. The van der Waals surface area contributed by atoms with E-state index in [0.29, 0.717) is 5.56 Å². The van der Waals surface area contributed by atoms with E-state index >= 15 is 0 Å². The van der Waals surface area contributed by atoms with Crippen LogP contribution in [0.5, 0.6) is 0 Å². The number of benzene rings is 1. The molecule has 1 atom stereocenters. The maximum Gasteiger partial charge on any atom is 0.305 e. The molecule has 1 aliphatic heterocycles. The lowest BCUT2D eigenvalue weighted by Gasteiger charge is -2.07. The van der Waals surface area contributed by atoms with Crippen LogP contribution in [0.2, 0.25) is 0 Å². The van der Waals surface area contributed by atoms with Crippen molar-refractivity contribution in [3.8, 4) is 0 Å². The summed E-state index contributed by atoms with van der Waals surface area (Å²) in [6, 6.07) is 3.22. The van der Waals surface area contributed by atoms with E-state index in [4.69, 9.17) is 5.11 Å². The fourth-order valence-corrected chi connectivity index (χ4v) is 1.68. The van der Waals surface area contributed by atoms with Crippen molar-refractivity contribution >= 4 is 11.9 Å². The van der Waals surface area contributed by atoms with Crippen LogP contribution in [0.1, 0.15) is 28.4 Å². The molecule has 1 unspecified atom stereocenters. The highest BCUT2D eigenvalue weighted by atomic mass is 19.1. The molecular weight excluding hydrogens is 201 g/mol. The second kappa shape index (κ2) is 3.34. The van der Waals surface area contributed by atoms with Gasteiger partial charge in [-0.1, -0.05) is 6.07 Å². The average Bonchev–Trinajstić information content (AvgIpc) is 2.42. The van der Waals surface area contributed by atoms with E-state index in [2.05, 4.69) is 5.32 Å². The summed E-state index contributed by atoms with van der Waals surface area (Å²) in [5, 5.41) is 11.1. The van der Waals surface area contributed by atoms with Crippen molar-refractivity contribution in [3.63, 3.8) is 0 Å². The fourth-order valence-electron chi connectivity index (χ4n) is 1.68. The van der Waals surface area contributed by atoms with Gasteiger partial charge in [-0.25, -0.2) is 4.39 Å². The predicted molar refractivity (Wildman–Crippen MR) is 48.9 cm³/mol. The second-order valence-electron chi connectivity index (χ2n) is 3.36. The molecule has 0 spiro atoms. The monoisotopic (exact) mass is 209 g/mol. The SMILES string of the molecule is O=C(O)CC1NC(=O)c2cc(F)ccc21. The summed E-state index contributed by atoms with van der Waals surface area (Å²) in [6.45, 7) is 0. The lowest BCUT2D eigenvalue weighted by Crippen LogP contribution is -2.21. The predicted octanol–water partition coefficient (Wildman–Crippen LogP) is 1.08. The van der Waals surface area contributed by atoms with Gasteiger partial charge >= 0.3 is 5.97 Å². The summed E-state index contributed by atoms with van der Waals surface area (Å²) in [5.41, 5.74) is 0.769. The summed E-state index contributed by atoms with van der Waals surface area (Å²) >= 11 is 0. The standard InChI is InChI=1S/C10H8FNO3/c11-5-1-2-6-7(3-5)10(15)12-8(6)4-9(13)14/h1-3,8H,4H2,(H,12,15)(H,13,14). The van der Waals surface area contributed by atoms with Gasteiger partial charge in [0, 0.05) is 5.56 Å². The topological polar surface area (TPSA) is 66.4 Å². The van der Waals surface area contributed by atoms with Crippen molar-refractivity contribution in [2.75, 3.05) is 0 Å². The molecule has 1 amide bonds. The maximum absolute atomic E-state index is 12.8. The Morgan fingerprint density at radius 1 is 1.53 bits per heavy atom. The highest BCUT2D eigenvalue weighted by Crippen LogP contribution is 2.28. The first-order valence-corrected chi connectivity index (χ1v) is 4.40. The molecule has 0 aliphatic carbocycles. The van der Waals surface area contributed by atoms with Gasteiger partial charge < -0.3 is 10.4 Å². The fraction of sp³-hybridized carbons (Fsp3) is 0.200. The summed E-state index contributed by atoms with van der Waals surface area (Å²) in [4.78, 5) is 21.9. The van der Waals surface area contributed by atoms with Gasteiger partial charge in [0.25, 0.3) is 5.91 Å². The summed E-state index contributed by atoms with van der Waals surface area (Å²) in [6.07, 6.45) is -0.190. The Kier molecular flexibility index (Phi) is 2.15. The van der Waals surface area contributed by atoms with E-state index in [1.165, 1.54) is 12.1 Å². The van der Waals surface area contributed by atoms with Crippen molar-refractivity contribution in [1.29, 1.82) is 0 Å². The Balaban J connectivity index is 2.38. The van der Waals surface area contributed by atoms with Crippen LogP contribution in [0.4, 0.5) is 4.39 Å². The molecule has 78 valence electrons. The van der Waals surface area contributed by atoms with Gasteiger partial charge in [0.1, 0.15) is 5.82 Å². The summed E-state index contributed by atoms with van der Waals surface area (Å²) in [7, 11) is 0. The Morgan fingerprint density at radius 3 is 2.93 bits per heavy atom. The molecule has 0 aromatic heterocycles. The van der Waals surface area contributed by atoms with Gasteiger partial charge in [-0.3, -0.25) is 9.59 Å². The molecule has 0 radical (unpaired) electrons. The second-order valence-corrected chi connectivity index (χ2v) is 3.36. The van der Waals surface area contributed by atoms with Gasteiger partial charge in [0.05, 0.1) is 12.5 Å². The molecule has 0 saturated carbocycles. The Hall–Kier alpha value is -1.91. The number of fused-ring (bicyclic) bond motifs is 1. The minimum absolute atomic E-state index is 0.190. The number of carbonyl (C=O) groups is 2. The summed E-state index contributed by atoms with van der Waals surface area (Å²) < 4.78 is 12.8. The Labute approximate surface area is 84.7 Å². The molecule has 5 heteroatoms. The number of rotatable bonds is 2. The molecule has 15 heavy (non-hydrogen) atoms. The third-order valence-corrected chi connectivity index (χ3v) is 2.32. The molecule has 1 aliphatic rings. The van der Waals surface area contributed by atoms with Gasteiger partial charge in [0.15, 0.2) is 0 Å². The largest absolute Gasteiger partial charge is 0.481 e.